The van der Waals surface area contributed by atoms with Crippen molar-refractivity contribution >= 4 is 11.9 Å². The van der Waals surface area contributed by atoms with Gasteiger partial charge in [0.05, 0.1) is 18.9 Å². The molecule has 1 amide bonds. The number of rotatable bonds is 6. The summed E-state index contributed by atoms with van der Waals surface area (Å²) in [5, 5.41) is 21.6. The van der Waals surface area contributed by atoms with Gasteiger partial charge in [-0.1, -0.05) is 19.8 Å². The zero-order valence-electron chi connectivity index (χ0n) is 18.0. The molecule has 3 rings (SSSR count). The number of carbonyl (C=O) groups is 1. The van der Waals surface area contributed by atoms with E-state index in [4.69, 9.17) is 9.47 Å². The van der Waals surface area contributed by atoms with Gasteiger partial charge in [-0.2, -0.15) is 4.98 Å². The number of anilines is 1. The van der Waals surface area contributed by atoms with Crippen LogP contribution in [0.3, 0.4) is 0 Å². The van der Waals surface area contributed by atoms with Gasteiger partial charge in [0.1, 0.15) is 12.2 Å². The van der Waals surface area contributed by atoms with E-state index in [1.54, 1.807) is 0 Å². The zero-order chi connectivity index (χ0) is 24.5. The monoisotopic (exact) mass is 471 g/mol. The number of ether oxygens (including phenoxy) is 2. The Kier molecular flexibility index (Phi) is 9.44. The molecule has 4 atom stereocenters. The third-order valence-corrected chi connectivity index (χ3v) is 4.55. The number of carbonyl (C=O) groups excluding carboxylic acids is 1. The summed E-state index contributed by atoms with van der Waals surface area (Å²) >= 11 is 0. The van der Waals surface area contributed by atoms with Gasteiger partial charge in [0.2, 0.25) is 0 Å². The minimum Gasteiger partial charge on any atom is -0.449 e. The van der Waals surface area contributed by atoms with Gasteiger partial charge in [0, 0.05) is 12.3 Å². The van der Waals surface area contributed by atoms with Crippen molar-refractivity contribution in [3.05, 3.63) is 55.6 Å². The molecular weight excluding hydrogens is 445 g/mol. The van der Waals surface area contributed by atoms with E-state index in [0.29, 0.717) is 6.42 Å². The fourth-order valence-corrected chi connectivity index (χ4v) is 2.80. The van der Waals surface area contributed by atoms with Crippen molar-refractivity contribution in [1.29, 1.82) is 0 Å². The largest absolute Gasteiger partial charge is 0.449 e. The maximum absolute atomic E-state index is 14.1. The summed E-state index contributed by atoms with van der Waals surface area (Å²) in [6.45, 7) is 3.68. The minimum atomic E-state index is -1.41. The van der Waals surface area contributed by atoms with E-state index >= 15 is 0 Å². The fraction of sp³-hybridized carbons (Fsp3) is 0.526. The van der Waals surface area contributed by atoms with Gasteiger partial charge in [-0.15, -0.1) is 0 Å². The summed E-state index contributed by atoms with van der Waals surface area (Å²) in [6, 6.07) is 1.24. The number of hydrogen-bond acceptors (Lipinski definition) is 9. The summed E-state index contributed by atoms with van der Waals surface area (Å²) in [4.78, 5) is 51.7. The summed E-state index contributed by atoms with van der Waals surface area (Å²) in [5.41, 5.74) is -1.81. The third kappa shape index (κ3) is 7.34. The van der Waals surface area contributed by atoms with E-state index in [-0.39, 0.29) is 12.2 Å². The van der Waals surface area contributed by atoms with E-state index < -0.39 is 53.6 Å². The van der Waals surface area contributed by atoms with Crippen molar-refractivity contribution in [3.63, 3.8) is 0 Å². The Labute approximate surface area is 186 Å². The number of aliphatic hydroxyl groups excluding tert-OH is 2. The number of unbranched alkanes of at least 4 members (excludes halogenated alkanes) is 2. The smallest absolute Gasteiger partial charge is 0.412 e. The normalized spacial score (nSPS) is 21.7. The molecule has 0 aromatic carbocycles. The second kappa shape index (κ2) is 12.0. The lowest BCUT2D eigenvalue weighted by Gasteiger charge is -2.17. The van der Waals surface area contributed by atoms with Crippen LogP contribution < -0.4 is 22.3 Å². The molecule has 13 nitrogen and oxygen atoms in total. The van der Waals surface area contributed by atoms with Crippen LogP contribution in [0.1, 0.15) is 39.3 Å². The number of aromatic nitrogens is 4. The predicted octanol–water partition coefficient (Wildman–Crippen LogP) is -0.177. The van der Waals surface area contributed by atoms with Crippen LogP contribution in [0, 0.1) is 5.82 Å². The number of amides is 1. The Bertz CT molecular complexity index is 1080. The molecule has 0 radical (unpaired) electrons. The Morgan fingerprint density at radius 3 is 2.58 bits per heavy atom. The molecule has 2 aromatic heterocycles. The van der Waals surface area contributed by atoms with Crippen molar-refractivity contribution in [1.82, 2.24) is 19.5 Å². The van der Waals surface area contributed by atoms with Gasteiger partial charge in [-0.25, -0.2) is 18.8 Å². The maximum atomic E-state index is 14.1. The van der Waals surface area contributed by atoms with Crippen molar-refractivity contribution in [2.24, 2.45) is 0 Å². The van der Waals surface area contributed by atoms with Crippen molar-refractivity contribution in [3.8, 4) is 0 Å². The molecule has 1 aliphatic rings. The quantitative estimate of drug-likeness (QED) is 0.356. The van der Waals surface area contributed by atoms with Crippen LogP contribution in [0.4, 0.5) is 15.0 Å². The van der Waals surface area contributed by atoms with Crippen LogP contribution in [0.15, 0.2) is 32.8 Å². The minimum absolute atomic E-state index is 0.177. The third-order valence-electron chi connectivity index (χ3n) is 4.55. The van der Waals surface area contributed by atoms with E-state index in [2.05, 4.69) is 15.3 Å². The average molecular weight is 471 g/mol. The number of H-pyrrole nitrogens is 2. The van der Waals surface area contributed by atoms with Gasteiger partial charge in [0.15, 0.2) is 17.9 Å². The molecule has 0 aliphatic carbocycles. The molecule has 33 heavy (non-hydrogen) atoms. The first-order valence-corrected chi connectivity index (χ1v) is 10.2. The van der Waals surface area contributed by atoms with E-state index in [1.807, 2.05) is 11.9 Å². The predicted molar refractivity (Wildman–Crippen MR) is 112 cm³/mol. The molecule has 2 aromatic rings. The highest BCUT2D eigenvalue weighted by Crippen LogP contribution is 2.28. The van der Waals surface area contributed by atoms with Crippen LogP contribution in [0.2, 0.25) is 0 Å². The van der Waals surface area contributed by atoms with E-state index in [9.17, 15) is 33.8 Å². The molecule has 3 heterocycles. The summed E-state index contributed by atoms with van der Waals surface area (Å²) < 4.78 is 24.9. The average Bonchev–Trinajstić information content (AvgIpc) is 3.01. The molecule has 14 heteroatoms. The van der Waals surface area contributed by atoms with Crippen molar-refractivity contribution in [2.75, 3.05) is 11.9 Å². The summed E-state index contributed by atoms with van der Waals surface area (Å²) in [7, 11) is 0. The topological polar surface area (TPSA) is 189 Å². The number of aliphatic hydroxyl groups is 2. The molecule has 0 bridgehead atoms. The molecule has 0 unspecified atom stereocenters. The molecule has 0 saturated carbocycles. The van der Waals surface area contributed by atoms with Crippen LogP contribution in [0.5, 0.6) is 0 Å². The van der Waals surface area contributed by atoms with Gasteiger partial charge < -0.3 is 24.7 Å². The Hall–Kier alpha value is -3.36. The molecule has 182 valence electrons. The number of aromatic amines is 2. The van der Waals surface area contributed by atoms with Gasteiger partial charge in [0.25, 0.3) is 5.56 Å². The number of nitrogens with zero attached hydrogens (tertiary/aromatic N) is 2. The molecule has 1 saturated heterocycles. The first kappa shape index (κ1) is 25.9. The number of halogens is 1. The van der Waals surface area contributed by atoms with Gasteiger partial charge >= 0.3 is 17.5 Å². The van der Waals surface area contributed by atoms with Crippen LogP contribution in [0.25, 0.3) is 0 Å². The zero-order valence-corrected chi connectivity index (χ0v) is 18.0. The summed E-state index contributed by atoms with van der Waals surface area (Å²) in [5.74, 6) is -1.59. The fourth-order valence-electron chi connectivity index (χ4n) is 2.80. The Balaban J connectivity index is 0.000000405. The van der Waals surface area contributed by atoms with Gasteiger partial charge in [-0.05, 0) is 13.3 Å². The van der Waals surface area contributed by atoms with E-state index in [1.165, 1.54) is 19.2 Å². The van der Waals surface area contributed by atoms with Crippen LogP contribution in [-0.4, -0.2) is 60.7 Å². The molecule has 0 spiro atoms. The second-order valence-corrected chi connectivity index (χ2v) is 7.10. The second-order valence-electron chi connectivity index (χ2n) is 7.10. The van der Waals surface area contributed by atoms with Crippen LogP contribution >= 0.6 is 0 Å². The lowest BCUT2D eigenvalue weighted by atomic mass is 10.1. The molecule has 1 fully saturated rings. The Morgan fingerprint density at radius 2 is 2.03 bits per heavy atom. The number of nitrogens with one attached hydrogen (secondary N) is 3. The molecular formula is C19H26FN5O8. The van der Waals surface area contributed by atoms with Crippen molar-refractivity contribution < 1.29 is 28.9 Å². The lowest BCUT2D eigenvalue weighted by molar-refractivity contribution is -0.0355. The highest BCUT2D eigenvalue weighted by Gasteiger charge is 2.42. The highest BCUT2D eigenvalue weighted by atomic mass is 19.1. The lowest BCUT2D eigenvalue weighted by Crippen LogP contribution is -2.36. The first-order chi connectivity index (χ1) is 15.6. The first-order valence-electron chi connectivity index (χ1n) is 10.2. The summed E-state index contributed by atoms with van der Waals surface area (Å²) in [6.07, 6.45) is -0.958. The molecule has 5 N–H and O–H groups in total. The van der Waals surface area contributed by atoms with Gasteiger partial charge in [-0.3, -0.25) is 19.7 Å². The Morgan fingerprint density at radius 1 is 1.30 bits per heavy atom. The standard InChI is InChI=1S/C15H22FN3O6.C4H4N2O2/c1-3-4-5-6-24-15(23)18-12-9(16)7-19(14(22)17-12)13-11(21)10(20)8(2)25-13;7-3-1-2-5-4(8)6-3/h7-8,10-11,13,20-21H,3-6H2,1-2H3,(H,17,18,22,23);1-2H,(H2,5,6,7,8)/t8-,10-,11-,13-;/m1./s1. The van der Waals surface area contributed by atoms with E-state index in [0.717, 1.165) is 23.6 Å². The van der Waals surface area contributed by atoms with Crippen molar-refractivity contribution in [2.45, 2.75) is 57.6 Å². The molecule has 1 aliphatic heterocycles. The number of hydrogen-bond donors (Lipinski definition) is 5. The highest BCUT2D eigenvalue weighted by molar-refractivity contribution is 5.83. The van der Waals surface area contributed by atoms with Crippen LogP contribution in [-0.2, 0) is 9.47 Å². The maximum Gasteiger partial charge on any atom is 0.412 e. The SMILES string of the molecule is CCCCCOC(=O)Nc1nc(=O)n([C@@H]2O[C@H](C)[C@@H](O)[C@H]2O)cc1F.O=c1cc[nH]c(=O)[nH]1.